The Hall–Kier alpha value is -1.41. The molecular weight excluding hydrogens is 218 g/mol. The predicted octanol–water partition coefficient (Wildman–Crippen LogP) is 4.09. The van der Waals surface area contributed by atoms with Gasteiger partial charge in [-0.1, -0.05) is 29.8 Å². The fourth-order valence-corrected chi connectivity index (χ4v) is 1.56. The Labute approximate surface area is 91.1 Å². The summed E-state index contributed by atoms with van der Waals surface area (Å²) in [7, 11) is 0. The fraction of sp³-hybridized carbons (Fsp3) is 0. The van der Waals surface area contributed by atoms with Crippen LogP contribution in [0.25, 0.3) is 11.1 Å². The second-order valence-corrected chi connectivity index (χ2v) is 3.40. The molecule has 2 aromatic rings. The number of halogens is 3. The maximum Gasteiger partial charge on any atom is 0.131 e. The topological polar surface area (TPSA) is 0 Å². The average molecular weight is 224 g/mol. The molecule has 15 heavy (non-hydrogen) atoms. The van der Waals surface area contributed by atoms with E-state index >= 15 is 0 Å². The second-order valence-electron chi connectivity index (χ2n) is 3.02. The van der Waals surface area contributed by atoms with Crippen molar-refractivity contribution in [1.82, 2.24) is 0 Å². The minimum Gasteiger partial charge on any atom is -0.207 e. The summed E-state index contributed by atoms with van der Waals surface area (Å²) in [6.45, 7) is 0. The van der Waals surface area contributed by atoms with Gasteiger partial charge in [0.2, 0.25) is 0 Å². The van der Waals surface area contributed by atoms with Crippen molar-refractivity contribution in [2.75, 3.05) is 0 Å². The molecule has 0 aromatic heterocycles. The highest BCUT2D eigenvalue weighted by Crippen LogP contribution is 2.29. The lowest BCUT2D eigenvalue weighted by Crippen LogP contribution is -1.87. The molecule has 0 aliphatic rings. The van der Waals surface area contributed by atoms with Crippen LogP contribution in [0.2, 0.25) is 5.02 Å². The van der Waals surface area contributed by atoms with E-state index in [1.54, 1.807) is 18.2 Å². The van der Waals surface area contributed by atoms with Crippen LogP contribution in [0.3, 0.4) is 0 Å². The molecule has 75 valence electrons. The first-order chi connectivity index (χ1) is 7.18. The predicted molar refractivity (Wildman–Crippen MR) is 55.6 cm³/mol. The minimum absolute atomic E-state index is 0.150. The van der Waals surface area contributed by atoms with E-state index < -0.39 is 11.6 Å². The van der Waals surface area contributed by atoms with E-state index in [1.165, 1.54) is 0 Å². The van der Waals surface area contributed by atoms with Gasteiger partial charge in [0, 0.05) is 17.2 Å². The third kappa shape index (κ3) is 2.00. The van der Waals surface area contributed by atoms with Gasteiger partial charge >= 0.3 is 0 Å². The third-order valence-electron chi connectivity index (χ3n) is 2.02. The van der Waals surface area contributed by atoms with Gasteiger partial charge < -0.3 is 0 Å². The van der Waals surface area contributed by atoms with Crippen molar-refractivity contribution in [3.05, 3.63) is 59.1 Å². The van der Waals surface area contributed by atoms with Gasteiger partial charge in [-0.05, 0) is 18.2 Å². The van der Waals surface area contributed by atoms with Crippen molar-refractivity contribution >= 4 is 11.6 Å². The van der Waals surface area contributed by atoms with E-state index in [2.05, 4.69) is 6.07 Å². The highest BCUT2D eigenvalue weighted by Gasteiger charge is 2.09. The van der Waals surface area contributed by atoms with Crippen LogP contribution in [0.1, 0.15) is 0 Å². The molecule has 0 amide bonds. The molecule has 0 bridgehead atoms. The fourth-order valence-electron chi connectivity index (χ4n) is 1.33. The van der Waals surface area contributed by atoms with Crippen molar-refractivity contribution in [1.29, 1.82) is 0 Å². The summed E-state index contributed by atoms with van der Waals surface area (Å²) in [5.41, 5.74) is 0.591. The van der Waals surface area contributed by atoms with E-state index in [0.29, 0.717) is 5.56 Å². The maximum absolute atomic E-state index is 13.4. The van der Waals surface area contributed by atoms with Gasteiger partial charge in [0.05, 0.1) is 5.02 Å². The molecular formula is C12H6ClF2. The van der Waals surface area contributed by atoms with E-state index in [9.17, 15) is 8.78 Å². The Bertz CT molecular complexity index is 495. The van der Waals surface area contributed by atoms with Gasteiger partial charge in [-0.3, -0.25) is 0 Å². The first kappa shape index (κ1) is 10.1. The quantitative estimate of drug-likeness (QED) is 0.683. The first-order valence-corrected chi connectivity index (χ1v) is 4.68. The Morgan fingerprint density at radius 3 is 2.60 bits per heavy atom. The van der Waals surface area contributed by atoms with Gasteiger partial charge in [-0.15, -0.1) is 0 Å². The van der Waals surface area contributed by atoms with E-state index in [0.717, 1.165) is 18.2 Å². The van der Waals surface area contributed by atoms with Crippen LogP contribution in [0.15, 0.2) is 36.4 Å². The van der Waals surface area contributed by atoms with Gasteiger partial charge in [0.1, 0.15) is 11.6 Å². The van der Waals surface area contributed by atoms with Crippen molar-refractivity contribution in [3.63, 3.8) is 0 Å². The SMILES string of the molecule is Fc1ccc(F)c(-c2ccc[c]c2Cl)c1. The molecule has 0 spiro atoms. The summed E-state index contributed by atoms with van der Waals surface area (Å²) in [4.78, 5) is 0. The zero-order valence-corrected chi connectivity index (χ0v) is 8.35. The summed E-state index contributed by atoms with van der Waals surface area (Å²) >= 11 is 5.84. The van der Waals surface area contributed by atoms with Crippen molar-refractivity contribution < 1.29 is 8.78 Å². The van der Waals surface area contributed by atoms with E-state index in [-0.39, 0.29) is 10.6 Å². The number of benzene rings is 2. The number of rotatable bonds is 1. The first-order valence-electron chi connectivity index (χ1n) is 4.30. The Morgan fingerprint density at radius 2 is 1.87 bits per heavy atom. The van der Waals surface area contributed by atoms with Crippen LogP contribution in [0, 0.1) is 17.7 Å². The molecule has 0 nitrogen and oxygen atoms in total. The molecule has 2 aromatic carbocycles. The zero-order chi connectivity index (χ0) is 10.8. The lowest BCUT2D eigenvalue weighted by atomic mass is 10.1. The van der Waals surface area contributed by atoms with Gasteiger partial charge in [0.15, 0.2) is 0 Å². The Kier molecular flexibility index (Phi) is 2.69. The second kappa shape index (κ2) is 3.99. The molecule has 0 fully saturated rings. The zero-order valence-electron chi connectivity index (χ0n) is 7.60. The lowest BCUT2D eigenvalue weighted by Gasteiger charge is -2.05. The normalized spacial score (nSPS) is 10.3. The van der Waals surface area contributed by atoms with E-state index in [4.69, 9.17) is 11.6 Å². The Morgan fingerprint density at radius 1 is 1.07 bits per heavy atom. The third-order valence-corrected chi connectivity index (χ3v) is 2.34. The van der Waals surface area contributed by atoms with Crippen LogP contribution < -0.4 is 0 Å². The molecule has 1 radical (unpaired) electrons. The highest BCUT2D eigenvalue weighted by molar-refractivity contribution is 6.33. The molecule has 2 rings (SSSR count). The largest absolute Gasteiger partial charge is 0.207 e. The van der Waals surface area contributed by atoms with Crippen LogP contribution in [-0.4, -0.2) is 0 Å². The summed E-state index contributed by atoms with van der Waals surface area (Å²) in [5, 5.41) is 0.280. The summed E-state index contributed by atoms with van der Waals surface area (Å²) in [6.07, 6.45) is 0. The minimum atomic E-state index is -0.502. The number of hydrogen-bond donors (Lipinski definition) is 0. The number of hydrogen-bond acceptors (Lipinski definition) is 0. The maximum atomic E-state index is 13.4. The van der Waals surface area contributed by atoms with E-state index in [1.807, 2.05) is 0 Å². The van der Waals surface area contributed by atoms with Crippen LogP contribution in [-0.2, 0) is 0 Å². The van der Waals surface area contributed by atoms with Crippen molar-refractivity contribution in [2.24, 2.45) is 0 Å². The summed E-state index contributed by atoms with van der Waals surface area (Å²) in [6, 6.07) is 10.9. The standard InChI is InChI=1S/C12H6ClF2/c13-11-4-2-1-3-9(11)10-7-8(14)5-6-12(10)15/h1-3,5-7H. The average Bonchev–Trinajstić information content (AvgIpc) is 2.23. The summed E-state index contributed by atoms with van der Waals surface area (Å²) < 4.78 is 26.3. The molecule has 0 N–H and O–H groups in total. The lowest BCUT2D eigenvalue weighted by molar-refractivity contribution is 0.603. The van der Waals surface area contributed by atoms with Gasteiger partial charge in [-0.25, -0.2) is 8.78 Å². The summed E-state index contributed by atoms with van der Waals surface area (Å²) in [5.74, 6) is -0.996. The molecule has 0 heterocycles. The smallest absolute Gasteiger partial charge is 0.131 e. The molecule has 0 saturated carbocycles. The molecule has 0 aliphatic carbocycles. The monoisotopic (exact) mass is 223 g/mol. The molecule has 3 heteroatoms. The van der Waals surface area contributed by atoms with Crippen molar-refractivity contribution in [3.8, 4) is 11.1 Å². The van der Waals surface area contributed by atoms with Gasteiger partial charge in [0.25, 0.3) is 0 Å². The molecule has 0 aliphatic heterocycles. The molecule has 0 unspecified atom stereocenters. The van der Waals surface area contributed by atoms with Crippen molar-refractivity contribution in [2.45, 2.75) is 0 Å². The van der Waals surface area contributed by atoms with Crippen LogP contribution in [0.4, 0.5) is 8.78 Å². The molecule has 0 atom stereocenters. The van der Waals surface area contributed by atoms with Crippen LogP contribution in [0.5, 0.6) is 0 Å². The van der Waals surface area contributed by atoms with Crippen LogP contribution >= 0.6 is 11.6 Å². The Balaban J connectivity index is 2.64. The molecule has 0 saturated heterocycles. The van der Waals surface area contributed by atoms with Gasteiger partial charge in [-0.2, -0.15) is 0 Å². The highest BCUT2D eigenvalue weighted by atomic mass is 35.5.